The maximum absolute atomic E-state index is 7.28. The predicted molar refractivity (Wildman–Crippen MR) is 158 cm³/mol. The van der Waals surface area contributed by atoms with Crippen LogP contribution in [0.25, 0.3) is 0 Å². The number of ether oxygens (including phenoxy) is 1. The van der Waals surface area contributed by atoms with E-state index in [1.165, 1.54) is 12.8 Å². The first kappa shape index (κ1) is 29.2. The second-order valence-electron chi connectivity index (χ2n) is 16.3. The van der Waals surface area contributed by atoms with Crippen molar-refractivity contribution < 1.29 is 18.0 Å². The summed E-state index contributed by atoms with van der Waals surface area (Å²) in [6.45, 7) is 35.4. The zero-order valence-electron chi connectivity index (χ0n) is 25.7. The Morgan fingerprint density at radius 1 is 0.861 bits per heavy atom. The van der Waals surface area contributed by atoms with E-state index in [0.717, 1.165) is 12.8 Å². The summed E-state index contributed by atoms with van der Waals surface area (Å²) in [6.07, 6.45) is 7.16. The molecule has 0 aromatic heterocycles. The van der Waals surface area contributed by atoms with Gasteiger partial charge in [0, 0.05) is 16.7 Å². The average Bonchev–Trinajstić information content (AvgIpc) is 3.26. The molecule has 4 nitrogen and oxygen atoms in total. The Morgan fingerprint density at radius 2 is 1.44 bits per heavy atom. The molecule has 4 fully saturated rings. The van der Waals surface area contributed by atoms with Gasteiger partial charge in [-0.25, -0.2) is 0 Å². The van der Waals surface area contributed by atoms with E-state index in [4.69, 9.17) is 18.0 Å². The van der Waals surface area contributed by atoms with Crippen molar-refractivity contribution >= 4 is 25.0 Å². The van der Waals surface area contributed by atoms with Gasteiger partial charge in [-0.15, -0.1) is 6.58 Å². The van der Waals surface area contributed by atoms with Gasteiger partial charge in [0.1, 0.15) is 6.10 Å². The minimum Gasteiger partial charge on any atom is -0.414 e. The quantitative estimate of drug-likeness (QED) is 0.182. The molecule has 7 heteroatoms. The monoisotopic (exact) mass is 552 g/mol. The molecule has 1 aliphatic heterocycles. The Balaban J connectivity index is 1.96. The van der Waals surface area contributed by atoms with Crippen molar-refractivity contribution in [3.05, 3.63) is 12.7 Å². The lowest BCUT2D eigenvalue weighted by atomic mass is 9.43. The first-order valence-electron chi connectivity index (χ1n) is 14.5. The molecule has 0 amide bonds. The molecular formula is C29H56O4Si3. The summed E-state index contributed by atoms with van der Waals surface area (Å²) in [5.41, 5.74) is -0.0628. The molecule has 0 aromatic carbocycles. The standard InChI is InChI=1S/C29H56O4Si3/c1-15-26(4)18-22(31-34(6,7)8)27(5)20(2)16-17-28(21(3)24(26)32-35(9,10)11)19-23-29(30-23,25(27)28)33-36(12,13)14/h15,20-25H,1,16-19H2,2-14H3/t20-,21+,22-,23+,24+,25+,26-,27+,28+,29-/m1/s1. The third kappa shape index (κ3) is 4.64. The Bertz CT molecular complexity index is 875. The third-order valence-electron chi connectivity index (χ3n) is 10.2. The van der Waals surface area contributed by atoms with Crippen molar-refractivity contribution in [1.82, 2.24) is 0 Å². The number of hydrogen-bond acceptors (Lipinski definition) is 4. The van der Waals surface area contributed by atoms with Crippen LogP contribution in [-0.2, 0) is 18.0 Å². The van der Waals surface area contributed by atoms with Crippen LogP contribution in [0.4, 0.5) is 0 Å². The van der Waals surface area contributed by atoms with Gasteiger partial charge in [-0.05, 0) is 102 Å². The lowest BCUT2D eigenvalue weighted by molar-refractivity contribution is -0.235. The zero-order chi connectivity index (χ0) is 27.3. The number of epoxide rings is 1. The Labute approximate surface area is 225 Å². The van der Waals surface area contributed by atoms with Gasteiger partial charge in [0.05, 0.1) is 12.2 Å². The van der Waals surface area contributed by atoms with Gasteiger partial charge in [-0.3, -0.25) is 0 Å². The van der Waals surface area contributed by atoms with Crippen LogP contribution >= 0.6 is 0 Å². The van der Waals surface area contributed by atoms with Crippen LogP contribution in [0.1, 0.15) is 53.4 Å². The molecule has 0 radical (unpaired) electrons. The van der Waals surface area contributed by atoms with Crippen LogP contribution < -0.4 is 0 Å². The van der Waals surface area contributed by atoms with Gasteiger partial charge in [0.2, 0.25) is 0 Å². The van der Waals surface area contributed by atoms with Crippen molar-refractivity contribution in [2.75, 3.05) is 0 Å². The third-order valence-corrected chi connectivity index (χ3v) is 13.1. The molecule has 4 aliphatic rings. The van der Waals surface area contributed by atoms with E-state index in [1.54, 1.807) is 0 Å². The Morgan fingerprint density at radius 3 is 1.94 bits per heavy atom. The second-order valence-corrected chi connectivity index (χ2v) is 29.6. The van der Waals surface area contributed by atoms with Crippen LogP contribution in [-0.4, -0.2) is 49.1 Å². The molecule has 1 heterocycles. The summed E-state index contributed by atoms with van der Waals surface area (Å²) in [4.78, 5) is 0. The minimum absolute atomic E-state index is 0.0356. The van der Waals surface area contributed by atoms with E-state index in [1.807, 2.05) is 0 Å². The summed E-state index contributed by atoms with van der Waals surface area (Å²) < 4.78 is 28.3. The highest BCUT2D eigenvalue weighted by molar-refractivity contribution is 6.70. The van der Waals surface area contributed by atoms with Crippen LogP contribution in [0.15, 0.2) is 12.7 Å². The van der Waals surface area contributed by atoms with Gasteiger partial charge in [-0.1, -0.05) is 33.8 Å². The maximum atomic E-state index is 7.28. The number of hydrogen-bond donors (Lipinski definition) is 0. The van der Waals surface area contributed by atoms with Gasteiger partial charge in [-0.2, -0.15) is 0 Å². The fraction of sp³-hybridized carbons (Fsp3) is 0.931. The minimum atomic E-state index is -1.84. The van der Waals surface area contributed by atoms with Crippen molar-refractivity contribution in [3.8, 4) is 0 Å². The topological polar surface area (TPSA) is 40.2 Å². The molecule has 0 spiro atoms. The van der Waals surface area contributed by atoms with Gasteiger partial charge in [0.25, 0.3) is 0 Å². The normalized spacial score (nSPS) is 49.0. The molecule has 3 saturated carbocycles. The van der Waals surface area contributed by atoms with E-state index >= 15 is 0 Å². The van der Waals surface area contributed by atoms with E-state index in [9.17, 15) is 0 Å². The van der Waals surface area contributed by atoms with E-state index < -0.39 is 30.7 Å². The fourth-order valence-electron chi connectivity index (χ4n) is 8.70. The summed E-state index contributed by atoms with van der Waals surface area (Å²) in [5, 5.41) is 0. The SMILES string of the molecule is C=C[C@]1(C)C[C@@H](O[Si](C)(C)C)[C@]2(C)[C@H](C)CC[C@]3(C[C@@H]4O[C@]4(O[Si](C)(C)C)[C@H]32)[C@@H](C)[C@@H]1O[Si](C)(C)C. The van der Waals surface area contributed by atoms with Gasteiger partial charge < -0.3 is 18.0 Å². The first-order chi connectivity index (χ1) is 16.1. The van der Waals surface area contributed by atoms with E-state index in [2.05, 4.69) is 99.3 Å². The molecule has 2 bridgehead atoms. The summed E-state index contributed by atoms with van der Waals surface area (Å²) >= 11 is 0. The molecule has 4 rings (SSSR count). The van der Waals surface area contributed by atoms with Crippen LogP contribution in [0.2, 0.25) is 58.9 Å². The van der Waals surface area contributed by atoms with Gasteiger partial charge >= 0.3 is 0 Å². The lowest BCUT2D eigenvalue weighted by Gasteiger charge is -2.65. The van der Waals surface area contributed by atoms with Crippen LogP contribution in [0.3, 0.4) is 0 Å². The maximum Gasteiger partial charge on any atom is 0.190 e. The molecule has 10 atom stereocenters. The molecule has 36 heavy (non-hydrogen) atoms. The molecule has 1 saturated heterocycles. The first-order valence-corrected chi connectivity index (χ1v) is 24.7. The molecule has 0 aromatic rings. The summed E-state index contributed by atoms with van der Waals surface area (Å²) in [5.74, 6) is 0.805. The predicted octanol–water partition coefficient (Wildman–Crippen LogP) is 8.05. The summed E-state index contributed by atoms with van der Waals surface area (Å²) in [7, 11) is -5.50. The molecule has 3 aliphatic carbocycles. The second kappa shape index (κ2) is 8.61. The van der Waals surface area contributed by atoms with Gasteiger partial charge in [0.15, 0.2) is 30.7 Å². The van der Waals surface area contributed by atoms with E-state index in [-0.39, 0.29) is 34.6 Å². The zero-order valence-corrected chi connectivity index (χ0v) is 28.7. The van der Waals surface area contributed by atoms with Crippen molar-refractivity contribution in [1.29, 1.82) is 0 Å². The van der Waals surface area contributed by atoms with Crippen molar-refractivity contribution in [2.45, 2.75) is 136 Å². The molecule has 0 N–H and O–H groups in total. The largest absolute Gasteiger partial charge is 0.414 e. The highest BCUT2D eigenvalue weighted by atomic mass is 28.4. The highest BCUT2D eigenvalue weighted by Crippen LogP contribution is 2.77. The Hall–Kier alpha value is 0.231. The lowest BCUT2D eigenvalue weighted by Crippen LogP contribution is -2.67. The molecule has 208 valence electrons. The van der Waals surface area contributed by atoms with Crippen molar-refractivity contribution in [2.24, 2.45) is 34.0 Å². The number of fused-ring (bicyclic) bond motifs is 1. The van der Waals surface area contributed by atoms with Crippen molar-refractivity contribution in [3.63, 3.8) is 0 Å². The fourth-order valence-corrected chi connectivity index (χ4v) is 12.4. The summed E-state index contributed by atoms with van der Waals surface area (Å²) in [6, 6.07) is 0. The molecular weight excluding hydrogens is 497 g/mol. The smallest absolute Gasteiger partial charge is 0.190 e. The van der Waals surface area contributed by atoms with Crippen LogP contribution in [0, 0.1) is 34.0 Å². The van der Waals surface area contributed by atoms with Crippen LogP contribution in [0.5, 0.6) is 0 Å². The van der Waals surface area contributed by atoms with E-state index in [0.29, 0.717) is 17.8 Å². The highest BCUT2D eigenvalue weighted by Gasteiger charge is 2.83. The number of rotatable bonds is 7. The average molecular weight is 553 g/mol. The Kier molecular flexibility index (Phi) is 6.99. The molecule has 0 unspecified atom stereocenters.